The first-order valence-corrected chi connectivity index (χ1v) is 15.0. The van der Waals surface area contributed by atoms with Gasteiger partial charge in [0.2, 0.25) is 0 Å². The lowest BCUT2D eigenvalue weighted by Crippen LogP contribution is -2.33. The van der Waals surface area contributed by atoms with Gasteiger partial charge in [0.15, 0.2) is 0 Å². The van der Waals surface area contributed by atoms with E-state index in [9.17, 15) is 14.4 Å². The quantitative estimate of drug-likeness (QED) is 0.247. The molecule has 2 heterocycles. The van der Waals surface area contributed by atoms with Crippen LogP contribution < -0.4 is 10.1 Å². The standard InChI is InChI=1S/C33H40N2O6S/c1-32(2,3)40-30(37)27-24-17-19-35(20-26(24)42-29(27)34-28(36)31(38)41-33(4,5)6)18-16-23-14-10-11-15-25(23)39-21-22-12-8-7-9-13-22/h7-15H,16-21H2,1-6H3,(H,34,36). The summed E-state index contributed by atoms with van der Waals surface area (Å²) in [6, 6.07) is 18.2. The molecule has 42 heavy (non-hydrogen) atoms. The maximum Gasteiger partial charge on any atom is 0.397 e. The fraction of sp³-hybridized carbons (Fsp3) is 0.424. The van der Waals surface area contributed by atoms with Crippen LogP contribution in [-0.2, 0) is 45.1 Å². The van der Waals surface area contributed by atoms with Gasteiger partial charge < -0.3 is 19.5 Å². The van der Waals surface area contributed by atoms with Crippen LogP contribution in [0.1, 0.15) is 73.5 Å². The first kappa shape index (κ1) is 31.3. The predicted molar refractivity (Wildman–Crippen MR) is 164 cm³/mol. The number of para-hydroxylation sites is 1. The van der Waals surface area contributed by atoms with E-state index < -0.39 is 29.0 Å². The minimum atomic E-state index is -1.00. The molecule has 0 saturated carbocycles. The molecule has 1 amide bonds. The Labute approximate surface area is 252 Å². The number of nitrogens with zero attached hydrogens (tertiary/aromatic N) is 1. The van der Waals surface area contributed by atoms with Gasteiger partial charge in [0.25, 0.3) is 0 Å². The molecule has 1 aliphatic rings. The third-order valence-corrected chi connectivity index (χ3v) is 7.59. The van der Waals surface area contributed by atoms with E-state index in [0.717, 1.165) is 46.8 Å². The van der Waals surface area contributed by atoms with Crippen molar-refractivity contribution in [1.82, 2.24) is 4.90 Å². The number of amides is 1. The molecule has 0 unspecified atom stereocenters. The number of thiophene rings is 1. The Hall–Kier alpha value is -3.69. The van der Waals surface area contributed by atoms with Crippen molar-refractivity contribution in [1.29, 1.82) is 0 Å². The molecule has 9 heteroatoms. The summed E-state index contributed by atoms with van der Waals surface area (Å²) >= 11 is 1.31. The number of esters is 2. The largest absolute Gasteiger partial charge is 0.489 e. The molecule has 8 nitrogen and oxygen atoms in total. The maximum absolute atomic E-state index is 13.3. The van der Waals surface area contributed by atoms with Crippen molar-refractivity contribution in [2.24, 2.45) is 0 Å². The number of hydrogen-bond acceptors (Lipinski definition) is 8. The fourth-order valence-corrected chi connectivity index (χ4v) is 5.90. The van der Waals surface area contributed by atoms with Gasteiger partial charge >= 0.3 is 17.8 Å². The average molecular weight is 593 g/mol. The van der Waals surface area contributed by atoms with E-state index in [-0.39, 0.29) is 0 Å². The normalized spacial score (nSPS) is 13.7. The Bertz CT molecular complexity index is 1420. The Balaban J connectivity index is 1.48. The average Bonchev–Trinajstić information content (AvgIpc) is 3.27. The lowest BCUT2D eigenvalue weighted by atomic mass is 10.0. The Kier molecular flexibility index (Phi) is 9.74. The van der Waals surface area contributed by atoms with Crippen molar-refractivity contribution in [2.45, 2.75) is 78.7 Å². The molecule has 0 radical (unpaired) electrons. The van der Waals surface area contributed by atoms with Gasteiger partial charge in [-0.3, -0.25) is 9.69 Å². The van der Waals surface area contributed by atoms with Crippen molar-refractivity contribution >= 4 is 34.2 Å². The highest BCUT2D eigenvalue weighted by Gasteiger charge is 2.33. The Morgan fingerprint density at radius 3 is 2.26 bits per heavy atom. The molecule has 224 valence electrons. The minimum absolute atomic E-state index is 0.312. The Morgan fingerprint density at radius 1 is 0.905 bits per heavy atom. The molecule has 4 rings (SSSR count). The van der Waals surface area contributed by atoms with E-state index in [1.165, 1.54) is 11.3 Å². The van der Waals surface area contributed by atoms with Crippen LogP contribution in [0.4, 0.5) is 5.00 Å². The van der Waals surface area contributed by atoms with Crippen LogP contribution in [0.5, 0.6) is 5.75 Å². The third-order valence-electron chi connectivity index (χ3n) is 6.46. The molecule has 2 aromatic carbocycles. The number of nitrogens with one attached hydrogen (secondary N) is 1. The summed E-state index contributed by atoms with van der Waals surface area (Å²) in [7, 11) is 0. The van der Waals surface area contributed by atoms with E-state index >= 15 is 0 Å². The summed E-state index contributed by atoms with van der Waals surface area (Å²) in [6.45, 7) is 13.1. The van der Waals surface area contributed by atoms with Crippen LogP contribution >= 0.6 is 11.3 Å². The van der Waals surface area contributed by atoms with Gasteiger partial charge in [-0.05, 0) is 77.1 Å². The van der Waals surface area contributed by atoms with Gasteiger partial charge in [-0.2, -0.15) is 0 Å². The molecule has 1 aliphatic heterocycles. The topological polar surface area (TPSA) is 94.2 Å². The Morgan fingerprint density at radius 2 is 1.57 bits per heavy atom. The summed E-state index contributed by atoms with van der Waals surface area (Å²) in [5.74, 6) is -1.57. The van der Waals surface area contributed by atoms with Crippen LogP contribution in [0, 0.1) is 0 Å². The van der Waals surface area contributed by atoms with Crippen molar-refractivity contribution in [2.75, 3.05) is 18.4 Å². The third kappa shape index (κ3) is 8.66. The first-order valence-electron chi connectivity index (χ1n) is 14.2. The molecule has 1 N–H and O–H groups in total. The molecule has 0 bridgehead atoms. The summed E-state index contributed by atoms with van der Waals surface area (Å²) in [6.07, 6.45) is 1.42. The molecule has 0 aliphatic carbocycles. The lowest BCUT2D eigenvalue weighted by Gasteiger charge is -2.27. The molecule has 0 fully saturated rings. The van der Waals surface area contributed by atoms with Crippen molar-refractivity contribution in [3.8, 4) is 5.75 Å². The van der Waals surface area contributed by atoms with Crippen molar-refractivity contribution < 1.29 is 28.6 Å². The van der Waals surface area contributed by atoms with Gasteiger partial charge in [-0.15, -0.1) is 11.3 Å². The molecular weight excluding hydrogens is 552 g/mol. The highest BCUT2D eigenvalue weighted by Crippen LogP contribution is 2.38. The van der Waals surface area contributed by atoms with E-state index in [2.05, 4.69) is 16.3 Å². The van der Waals surface area contributed by atoms with Gasteiger partial charge in [0, 0.05) is 24.5 Å². The molecular formula is C33H40N2O6S. The van der Waals surface area contributed by atoms with Crippen LogP contribution in [0.2, 0.25) is 0 Å². The number of ether oxygens (including phenoxy) is 3. The number of carbonyl (C=O) groups excluding carboxylic acids is 3. The summed E-state index contributed by atoms with van der Waals surface area (Å²) < 4.78 is 17.0. The van der Waals surface area contributed by atoms with Gasteiger partial charge in [-0.25, -0.2) is 9.59 Å². The zero-order valence-electron chi connectivity index (χ0n) is 25.2. The van der Waals surface area contributed by atoms with E-state index in [1.54, 1.807) is 41.5 Å². The summed E-state index contributed by atoms with van der Waals surface area (Å²) in [5, 5.41) is 2.95. The van der Waals surface area contributed by atoms with Crippen LogP contribution in [0.3, 0.4) is 0 Å². The molecule has 0 spiro atoms. The second kappa shape index (κ2) is 13.1. The van der Waals surface area contributed by atoms with E-state index in [4.69, 9.17) is 14.2 Å². The zero-order chi connectivity index (χ0) is 30.5. The fourth-order valence-electron chi connectivity index (χ4n) is 4.62. The molecule has 0 atom stereocenters. The highest BCUT2D eigenvalue weighted by molar-refractivity contribution is 7.17. The predicted octanol–water partition coefficient (Wildman–Crippen LogP) is 6.16. The molecule has 1 aromatic heterocycles. The number of rotatable bonds is 8. The second-order valence-electron chi connectivity index (χ2n) is 12.3. The smallest absolute Gasteiger partial charge is 0.397 e. The first-order chi connectivity index (χ1) is 19.8. The maximum atomic E-state index is 13.3. The van der Waals surface area contributed by atoms with Crippen LogP contribution in [-0.4, -0.2) is 47.0 Å². The SMILES string of the molecule is CC(C)(C)OC(=O)C(=O)Nc1sc2c(c1C(=O)OC(C)(C)C)CCN(CCc1ccccc1OCc1ccccc1)C2. The van der Waals surface area contributed by atoms with E-state index in [1.807, 2.05) is 48.5 Å². The van der Waals surface area contributed by atoms with Gasteiger partial charge in [0.1, 0.15) is 28.6 Å². The van der Waals surface area contributed by atoms with Crippen LogP contribution in [0.25, 0.3) is 0 Å². The number of benzene rings is 2. The zero-order valence-corrected chi connectivity index (χ0v) is 26.1. The molecule has 0 saturated heterocycles. The highest BCUT2D eigenvalue weighted by atomic mass is 32.1. The van der Waals surface area contributed by atoms with Gasteiger partial charge in [-0.1, -0.05) is 48.5 Å². The van der Waals surface area contributed by atoms with Crippen molar-refractivity contribution in [3.05, 3.63) is 81.7 Å². The number of hydrogen-bond donors (Lipinski definition) is 1. The van der Waals surface area contributed by atoms with E-state index in [0.29, 0.717) is 30.1 Å². The lowest BCUT2D eigenvalue weighted by molar-refractivity contribution is -0.161. The number of fused-ring (bicyclic) bond motifs is 1. The second-order valence-corrected chi connectivity index (χ2v) is 13.4. The molecule has 3 aromatic rings. The minimum Gasteiger partial charge on any atom is -0.489 e. The van der Waals surface area contributed by atoms with Crippen molar-refractivity contribution in [3.63, 3.8) is 0 Å². The summed E-state index contributed by atoms with van der Waals surface area (Å²) in [5.41, 5.74) is 1.89. The number of anilines is 1. The summed E-state index contributed by atoms with van der Waals surface area (Å²) in [4.78, 5) is 41.7. The monoisotopic (exact) mass is 592 g/mol. The number of carbonyl (C=O) groups is 3. The van der Waals surface area contributed by atoms with Gasteiger partial charge in [0.05, 0.1) is 5.56 Å². The van der Waals surface area contributed by atoms with Crippen LogP contribution in [0.15, 0.2) is 54.6 Å².